The van der Waals surface area contributed by atoms with E-state index in [0.29, 0.717) is 12.8 Å². The Kier molecular flexibility index (Phi) is 6.64. The van der Waals surface area contributed by atoms with Crippen molar-refractivity contribution >= 4 is 0 Å². The van der Waals surface area contributed by atoms with Gasteiger partial charge in [-0.3, -0.25) is 0 Å². The van der Waals surface area contributed by atoms with Crippen LogP contribution in [-0.2, 0) is 10.2 Å². The summed E-state index contributed by atoms with van der Waals surface area (Å²) in [5, 5.41) is 9.68. The molecule has 0 saturated carbocycles. The Bertz CT molecular complexity index is 414. The number of halogens is 3. The molecule has 0 aliphatic rings. The van der Waals surface area contributed by atoms with E-state index >= 15 is 0 Å². The van der Waals surface area contributed by atoms with Gasteiger partial charge < -0.3 is 15.6 Å². The molecule has 1 aromatic rings. The Morgan fingerprint density at radius 1 is 1.19 bits per heavy atom. The second-order valence-electron chi connectivity index (χ2n) is 5.28. The van der Waals surface area contributed by atoms with Crippen molar-refractivity contribution in [2.45, 2.75) is 31.4 Å². The first-order valence-electron chi connectivity index (χ1n) is 6.85. The summed E-state index contributed by atoms with van der Waals surface area (Å²) < 4.78 is 40.5. The lowest BCUT2D eigenvalue weighted by Crippen LogP contribution is -2.39. The average molecular weight is 305 g/mol. The van der Waals surface area contributed by atoms with Gasteiger partial charge in [0.05, 0.1) is 6.61 Å². The lowest BCUT2D eigenvalue weighted by atomic mass is 9.77. The zero-order valence-electron chi connectivity index (χ0n) is 12.1. The quantitative estimate of drug-likeness (QED) is 0.726. The van der Waals surface area contributed by atoms with Gasteiger partial charge >= 0.3 is 6.18 Å². The van der Waals surface area contributed by atoms with Crippen molar-refractivity contribution in [2.24, 2.45) is 5.73 Å². The molecule has 0 spiro atoms. The summed E-state index contributed by atoms with van der Waals surface area (Å²) in [5.74, 6) is 0. The van der Waals surface area contributed by atoms with Gasteiger partial charge in [-0.15, -0.1) is 0 Å². The fourth-order valence-corrected chi connectivity index (χ4v) is 2.21. The Hall–Kier alpha value is -1.11. The van der Waals surface area contributed by atoms with E-state index in [0.717, 1.165) is 11.1 Å². The molecule has 0 amide bonds. The molecule has 1 atom stereocenters. The van der Waals surface area contributed by atoms with Gasteiger partial charge in [-0.25, -0.2) is 0 Å². The molecule has 0 aliphatic carbocycles. The summed E-state index contributed by atoms with van der Waals surface area (Å²) in [6.45, 7) is 0.787. The number of aliphatic hydroxyl groups is 1. The molecule has 0 fully saturated rings. The fourth-order valence-electron chi connectivity index (χ4n) is 2.21. The molecular weight excluding hydrogens is 283 g/mol. The molecular formula is C15H22F3NO2. The van der Waals surface area contributed by atoms with E-state index in [2.05, 4.69) is 4.74 Å². The molecule has 0 heterocycles. The maximum atomic E-state index is 12.0. The van der Waals surface area contributed by atoms with Crippen LogP contribution < -0.4 is 5.73 Å². The third-order valence-corrected chi connectivity index (χ3v) is 3.57. The predicted molar refractivity (Wildman–Crippen MR) is 75.1 cm³/mol. The molecule has 6 heteroatoms. The lowest BCUT2D eigenvalue weighted by molar-refractivity contribution is -0.174. The molecule has 3 N–H and O–H groups in total. The maximum Gasteiger partial charge on any atom is 0.411 e. The molecule has 120 valence electrons. The van der Waals surface area contributed by atoms with Crippen LogP contribution in [0.15, 0.2) is 24.3 Å². The minimum absolute atomic E-state index is 0.00682. The summed E-state index contributed by atoms with van der Waals surface area (Å²) in [6, 6.07) is 7.65. The molecule has 0 radical (unpaired) electrons. The Morgan fingerprint density at radius 2 is 1.81 bits per heavy atom. The van der Waals surface area contributed by atoms with Gasteiger partial charge in [0.25, 0.3) is 0 Å². The highest BCUT2D eigenvalue weighted by molar-refractivity contribution is 5.29. The number of rotatable bonds is 8. The minimum Gasteiger partial charge on any atom is -0.395 e. The molecule has 0 bridgehead atoms. The third-order valence-electron chi connectivity index (χ3n) is 3.57. The lowest BCUT2D eigenvalue weighted by Gasteiger charge is -2.31. The van der Waals surface area contributed by atoms with Crippen molar-refractivity contribution in [3.8, 4) is 0 Å². The highest BCUT2D eigenvalue weighted by atomic mass is 19.4. The van der Waals surface area contributed by atoms with Crippen LogP contribution in [-0.4, -0.2) is 37.6 Å². The van der Waals surface area contributed by atoms with Crippen LogP contribution in [0.1, 0.15) is 24.0 Å². The van der Waals surface area contributed by atoms with E-state index in [1.165, 1.54) is 0 Å². The average Bonchev–Trinajstić information content (AvgIpc) is 2.43. The van der Waals surface area contributed by atoms with Crippen molar-refractivity contribution in [1.82, 2.24) is 0 Å². The largest absolute Gasteiger partial charge is 0.411 e. The smallest absolute Gasteiger partial charge is 0.395 e. The molecule has 1 unspecified atom stereocenters. The van der Waals surface area contributed by atoms with Crippen LogP contribution in [0.25, 0.3) is 0 Å². The van der Waals surface area contributed by atoms with Crippen LogP contribution in [0.3, 0.4) is 0 Å². The van der Waals surface area contributed by atoms with E-state index in [-0.39, 0.29) is 19.8 Å². The maximum absolute atomic E-state index is 12.0. The molecule has 1 aromatic carbocycles. The SMILES string of the molecule is Cc1ccc(C(CN)(CO)CCCOCC(F)(F)F)cc1. The first-order valence-corrected chi connectivity index (χ1v) is 6.85. The van der Waals surface area contributed by atoms with Crippen molar-refractivity contribution in [2.75, 3.05) is 26.4 Å². The van der Waals surface area contributed by atoms with Crippen LogP contribution in [0, 0.1) is 6.92 Å². The van der Waals surface area contributed by atoms with Crippen molar-refractivity contribution < 1.29 is 23.0 Å². The van der Waals surface area contributed by atoms with E-state index in [4.69, 9.17) is 5.73 Å². The summed E-state index contributed by atoms with van der Waals surface area (Å²) in [4.78, 5) is 0. The summed E-state index contributed by atoms with van der Waals surface area (Å²) in [7, 11) is 0. The van der Waals surface area contributed by atoms with Crippen LogP contribution in [0.5, 0.6) is 0 Å². The van der Waals surface area contributed by atoms with E-state index in [9.17, 15) is 18.3 Å². The van der Waals surface area contributed by atoms with Crippen LogP contribution in [0.4, 0.5) is 13.2 Å². The van der Waals surface area contributed by atoms with Crippen molar-refractivity contribution in [1.29, 1.82) is 0 Å². The van der Waals surface area contributed by atoms with Gasteiger partial charge in [0.2, 0.25) is 0 Å². The molecule has 21 heavy (non-hydrogen) atoms. The fraction of sp³-hybridized carbons (Fsp3) is 0.600. The number of aliphatic hydroxyl groups excluding tert-OH is 1. The van der Waals surface area contributed by atoms with E-state index in [1.54, 1.807) is 0 Å². The van der Waals surface area contributed by atoms with E-state index < -0.39 is 18.2 Å². The number of ether oxygens (including phenoxy) is 1. The van der Waals surface area contributed by atoms with Gasteiger partial charge in [0.1, 0.15) is 6.61 Å². The van der Waals surface area contributed by atoms with E-state index in [1.807, 2.05) is 31.2 Å². The second-order valence-corrected chi connectivity index (χ2v) is 5.28. The number of aryl methyl sites for hydroxylation is 1. The highest BCUT2D eigenvalue weighted by Gasteiger charge is 2.30. The number of alkyl halides is 3. The van der Waals surface area contributed by atoms with Gasteiger partial charge in [0.15, 0.2) is 0 Å². The van der Waals surface area contributed by atoms with Gasteiger partial charge in [-0.2, -0.15) is 13.2 Å². The second kappa shape index (κ2) is 7.77. The topological polar surface area (TPSA) is 55.5 Å². The molecule has 0 saturated heterocycles. The molecule has 1 rings (SSSR count). The highest BCUT2D eigenvalue weighted by Crippen LogP contribution is 2.28. The van der Waals surface area contributed by atoms with Crippen LogP contribution >= 0.6 is 0 Å². The monoisotopic (exact) mass is 305 g/mol. The predicted octanol–water partition coefficient (Wildman–Crippen LogP) is 2.54. The van der Waals surface area contributed by atoms with Crippen LogP contribution in [0.2, 0.25) is 0 Å². The molecule has 3 nitrogen and oxygen atoms in total. The number of benzene rings is 1. The summed E-state index contributed by atoms with van der Waals surface area (Å²) >= 11 is 0. The normalized spacial score (nSPS) is 15.0. The molecule has 0 aromatic heterocycles. The Balaban J connectivity index is 2.59. The number of hydrogen-bond donors (Lipinski definition) is 2. The van der Waals surface area contributed by atoms with Crippen molar-refractivity contribution in [3.05, 3.63) is 35.4 Å². The van der Waals surface area contributed by atoms with Gasteiger partial charge in [0, 0.05) is 18.6 Å². The standard InChI is InChI=1S/C15H22F3NO2/c1-12-3-5-13(6-4-12)14(9-19,10-20)7-2-8-21-11-15(16,17)18/h3-6,20H,2,7-11,19H2,1H3. The first-order chi connectivity index (χ1) is 9.83. The summed E-state index contributed by atoms with van der Waals surface area (Å²) in [5.41, 5.74) is 7.15. The Labute approximate surface area is 122 Å². The van der Waals surface area contributed by atoms with Crippen molar-refractivity contribution in [3.63, 3.8) is 0 Å². The summed E-state index contributed by atoms with van der Waals surface area (Å²) in [6.07, 6.45) is -3.43. The Morgan fingerprint density at radius 3 is 2.29 bits per heavy atom. The van der Waals surface area contributed by atoms with Gasteiger partial charge in [-0.05, 0) is 25.3 Å². The number of nitrogens with two attached hydrogens (primary N) is 1. The minimum atomic E-state index is -4.31. The molecule has 0 aliphatic heterocycles. The first kappa shape index (κ1) is 17.9. The zero-order chi connectivity index (χ0) is 15.9. The third kappa shape index (κ3) is 5.65. The van der Waals surface area contributed by atoms with Gasteiger partial charge in [-0.1, -0.05) is 29.8 Å². The zero-order valence-corrected chi connectivity index (χ0v) is 12.1. The number of hydrogen-bond acceptors (Lipinski definition) is 3.